The Balaban J connectivity index is 0.000000366. The number of aliphatic carboxylic acids is 1. The highest BCUT2D eigenvalue weighted by molar-refractivity contribution is 6.39. The molecule has 0 bridgehead atoms. The van der Waals surface area contributed by atoms with Crippen LogP contribution in [0.25, 0.3) is 0 Å². The molecule has 1 fully saturated rings. The van der Waals surface area contributed by atoms with Gasteiger partial charge in [0.2, 0.25) is 5.91 Å². The Morgan fingerprint density at radius 1 is 1.09 bits per heavy atom. The summed E-state index contributed by atoms with van der Waals surface area (Å²) in [5.41, 5.74) is 6.05. The number of nitrogens with two attached hydrogens (primary N) is 1. The molecule has 0 radical (unpaired) electrons. The number of ether oxygens (including phenoxy) is 2. The van der Waals surface area contributed by atoms with Crippen molar-refractivity contribution in [1.82, 2.24) is 0 Å². The molecule has 0 aliphatic carbocycles. The Hall–Kier alpha value is -1.80. The highest BCUT2D eigenvalue weighted by Crippen LogP contribution is 2.30. The third kappa shape index (κ3) is 7.85. The molecule has 1 aliphatic heterocycles. The molecule has 23 heavy (non-hydrogen) atoms. The minimum Gasteiger partial charge on any atom is -0.478 e. The first-order valence-electron chi connectivity index (χ1n) is 6.52. The van der Waals surface area contributed by atoms with Crippen molar-refractivity contribution in [3.63, 3.8) is 0 Å². The molecule has 7 nitrogen and oxygen atoms in total. The van der Waals surface area contributed by atoms with E-state index in [0.717, 1.165) is 38.6 Å². The number of nitrogens with one attached hydrogen (secondary N) is 1. The molecule has 9 heteroatoms. The van der Waals surface area contributed by atoms with Crippen LogP contribution in [0.3, 0.4) is 0 Å². The monoisotopic (exact) mass is 362 g/mol. The van der Waals surface area contributed by atoms with Crippen molar-refractivity contribution in [3.05, 3.63) is 34.3 Å². The third-order valence-corrected chi connectivity index (χ3v) is 3.09. The van der Waals surface area contributed by atoms with E-state index in [1.54, 1.807) is 0 Å². The number of anilines is 2. The highest BCUT2D eigenvalue weighted by Gasteiger charge is 2.06. The first-order valence-corrected chi connectivity index (χ1v) is 7.27. The Morgan fingerprint density at radius 3 is 1.96 bits per heavy atom. The van der Waals surface area contributed by atoms with Crippen LogP contribution >= 0.6 is 23.2 Å². The largest absolute Gasteiger partial charge is 0.478 e. The summed E-state index contributed by atoms with van der Waals surface area (Å²) in [5.74, 6) is -1.82. The van der Waals surface area contributed by atoms with Crippen LogP contribution in [0.4, 0.5) is 11.4 Å². The van der Waals surface area contributed by atoms with Crippen LogP contribution in [0.5, 0.6) is 0 Å². The molecule has 0 saturated carbocycles. The van der Waals surface area contributed by atoms with Gasteiger partial charge in [-0.25, -0.2) is 4.79 Å². The van der Waals surface area contributed by atoms with Gasteiger partial charge in [-0.05, 0) is 12.1 Å². The normalized spacial score (nSPS) is 14.0. The molecular formula is C14H16Cl2N2O5. The van der Waals surface area contributed by atoms with Crippen molar-refractivity contribution in [2.24, 2.45) is 0 Å². The van der Waals surface area contributed by atoms with Crippen LogP contribution in [-0.2, 0) is 19.1 Å². The van der Waals surface area contributed by atoms with Gasteiger partial charge in [0.15, 0.2) is 0 Å². The lowest BCUT2D eigenvalue weighted by Crippen LogP contribution is -2.16. The summed E-state index contributed by atoms with van der Waals surface area (Å²) < 4.78 is 9.89. The van der Waals surface area contributed by atoms with Gasteiger partial charge in [-0.3, -0.25) is 4.79 Å². The number of hydrogen-bond donors (Lipinski definition) is 3. The summed E-state index contributed by atoms with van der Waals surface area (Å²) in [4.78, 5) is 21.4. The van der Waals surface area contributed by atoms with Gasteiger partial charge in [0, 0.05) is 17.8 Å². The van der Waals surface area contributed by atoms with Gasteiger partial charge >= 0.3 is 5.97 Å². The topological polar surface area (TPSA) is 111 Å². The van der Waals surface area contributed by atoms with E-state index in [0.29, 0.717) is 5.69 Å². The summed E-state index contributed by atoms with van der Waals surface area (Å²) in [6, 6.07) is 2.82. The first kappa shape index (κ1) is 19.2. The van der Waals surface area contributed by atoms with Gasteiger partial charge in [-0.1, -0.05) is 23.2 Å². The number of carbonyl (C=O) groups excluding carboxylic acids is 1. The number of halogens is 2. The van der Waals surface area contributed by atoms with Crippen LogP contribution in [0.2, 0.25) is 10.0 Å². The number of carboxylic acid groups (broad SMARTS) is 1. The van der Waals surface area contributed by atoms with Crippen LogP contribution in [0.15, 0.2) is 24.3 Å². The molecular weight excluding hydrogens is 347 g/mol. The summed E-state index contributed by atoms with van der Waals surface area (Å²) in [6.07, 6.45) is 1.59. The Morgan fingerprint density at radius 2 is 1.57 bits per heavy atom. The van der Waals surface area contributed by atoms with E-state index in [1.807, 2.05) is 0 Å². The van der Waals surface area contributed by atoms with Crippen LogP contribution in [0.1, 0.15) is 0 Å². The molecule has 1 aromatic rings. The number of amides is 1. The minimum atomic E-state index is -1.21. The van der Waals surface area contributed by atoms with Gasteiger partial charge in [0.05, 0.1) is 42.2 Å². The lowest BCUT2D eigenvalue weighted by molar-refractivity contribution is -0.131. The molecule has 1 heterocycles. The zero-order valence-corrected chi connectivity index (χ0v) is 13.6. The van der Waals surface area contributed by atoms with Crippen molar-refractivity contribution in [1.29, 1.82) is 0 Å². The molecule has 0 spiro atoms. The second kappa shape index (κ2) is 10.1. The maximum Gasteiger partial charge on any atom is 0.328 e. The predicted molar refractivity (Wildman–Crippen MR) is 87.9 cm³/mol. The molecule has 0 atom stereocenters. The van der Waals surface area contributed by atoms with E-state index in [9.17, 15) is 9.59 Å². The molecule has 1 amide bonds. The smallest absolute Gasteiger partial charge is 0.328 e. The van der Waals surface area contributed by atoms with Crippen LogP contribution in [-0.4, -0.2) is 43.4 Å². The number of carboxylic acids is 1. The van der Waals surface area contributed by atoms with Crippen molar-refractivity contribution in [3.8, 4) is 0 Å². The van der Waals surface area contributed by atoms with Crippen LogP contribution < -0.4 is 11.1 Å². The molecule has 2 rings (SSSR count). The van der Waals surface area contributed by atoms with Gasteiger partial charge in [-0.15, -0.1) is 0 Å². The SMILES string of the molecule is C1COCCO1.Nc1c(Cl)cc(NC(=O)/C=C/C(=O)O)cc1Cl. The summed E-state index contributed by atoms with van der Waals surface area (Å²) in [5, 5.41) is 11.1. The Labute approximate surface area is 143 Å². The van der Waals surface area contributed by atoms with Crippen molar-refractivity contribution < 1.29 is 24.2 Å². The number of carbonyl (C=O) groups is 2. The maximum atomic E-state index is 11.2. The Bertz CT molecular complexity index is 554. The molecule has 1 saturated heterocycles. The molecule has 4 N–H and O–H groups in total. The van der Waals surface area contributed by atoms with Gasteiger partial charge in [0.25, 0.3) is 0 Å². The highest BCUT2D eigenvalue weighted by atomic mass is 35.5. The fourth-order valence-electron chi connectivity index (χ4n) is 1.43. The molecule has 126 valence electrons. The number of benzene rings is 1. The fourth-order valence-corrected chi connectivity index (χ4v) is 1.91. The van der Waals surface area contributed by atoms with Crippen LogP contribution in [0, 0.1) is 0 Å². The Kier molecular flexibility index (Phi) is 8.42. The van der Waals surface area contributed by atoms with E-state index in [4.69, 9.17) is 43.5 Å². The maximum absolute atomic E-state index is 11.2. The molecule has 0 unspecified atom stereocenters. The van der Waals surface area contributed by atoms with E-state index >= 15 is 0 Å². The third-order valence-electron chi connectivity index (χ3n) is 2.47. The number of hydrogen-bond acceptors (Lipinski definition) is 5. The summed E-state index contributed by atoms with van der Waals surface area (Å²) in [6.45, 7) is 3.11. The van der Waals surface area contributed by atoms with Gasteiger partial charge in [-0.2, -0.15) is 0 Å². The summed E-state index contributed by atoms with van der Waals surface area (Å²) >= 11 is 11.5. The quantitative estimate of drug-likeness (QED) is 0.561. The zero-order chi connectivity index (χ0) is 17.2. The standard InChI is InChI=1S/C10H8Cl2N2O3.C4H8O2/c11-6-3-5(4-7(12)10(6)13)14-8(15)1-2-9(16)17;1-2-6-4-3-5-1/h1-4H,13H2,(H,14,15)(H,16,17);1-4H2/b2-1+;. The fraction of sp³-hybridized carbons (Fsp3) is 0.286. The van der Waals surface area contributed by atoms with E-state index < -0.39 is 11.9 Å². The second-order valence-electron chi connectivity index (χ2n) is 4.24. The predicted octanol–water partition coefficient (Wildman–Crippen LogP) is 2.19. The lowest BCUT2D eigenvalue weighted by atomic mass is 10.2. The molecule has 1 aromatic carbocycles. The van der Waals surface area contributed by atoms with Gasteiger partial charge < -0.3 is 25.6 Å². The minimum absolute atomic E-state index is 0.204. The summed E-state index contributed by atoms with van der Waals surface area (Å²) in [7, 11) is 0. The van der Waals surface area contributed by atoms with E-state index in [2.05, 4.69) is 5.32 Å². The van der Waals surface area contributed by atoms with Crippen molar-refractivity contribution in [2.45, 2.75) is 0 Å². The average molecular weight is 363 g/mol. The lowest BCUT2D eigenvalue weighted by Gasteiger charge is -2.09. The van der Waals surface area contributed by atoms with E-state index in [-0.39, 0.29) is 15.7 Å². The molecule has 1 aliphatic rings. The second-order valence-corrected chi connectivity index (χ2v) is 5.05. The number of rotatable bonds is 3. The zero-order valence-electron chi connectivity index (χ0n) is 12.1. The molecule has 0 aromatic heterocycles. The number of nitrogen functional groups attached to an aromatic ring is 1. The van der Waals surface area contributed by atoms with E-state index in [1.165, 1.54) is 12.1 Å². The average Bonchev–Trinajstić information content (AvgIpc) is 2.53. The first-order chi connectivity index (χ1) is 10.9. The van der Waals surface area contributed by atoms with Gasteiger partial charge in [0.1, 0.15) is 0 Å². The van der Waals surface area contributed by atoms with Crippen molar-refractivity contribution in [2.75, 3.05) is 37.5 Å². The van der Waals surface area contributed by atoms with Crippen molar-refractivity contribution >= 4 is 46.5 Å².